The third kappa shape index (κ3) is 5.83. The highest BCUT2D eigenvalue weighted by Crippen LogP contribution is 2.10. The highest BCUT2D eigenvalue weighted by molar-refractivity contribution is 5.79. The van der Waals surface area contributed by atoms with E-state index in [9.17, 15) is 14.5 Å². The summed E-state index contributed by atoms with van der Waals surface area (Å²) in [5.41, 5.74) is 1.95. The fraction of sp³-hybridized carbons (Fsp3) is 0.412. The Bertz CT molecular complexity index is 774. The van der Waals surface area contributed by atoms with E-state index in [1.165, 1.54) is 29.2 Å². The summed E-state index contributed by atoms with van der Waals surface area (Å²) in [6.07, 6.45) is 3.33. The average molecular weight is 362 g/mol. The van der Waals surface area contributed by atoms with Crippen molar-refractivity contribution in [2.75, 3.05) is 19.6 Å². The van der Waals surface area contributed by atoms with E-state index in [1.807, 2.05) is 13.8 Å². The fourth-order valence-corrected chi connectivity index (χ4v) is 2.43. The molecular formula is C17H23FN6O2. The zero-order chi connectivity index (χ0) is 18.9. The molecule has 9 heteroatoms. The van der Waals surface area contributed by atoms with Crippen LogP contribution in [0.3, 0.4) is 0 Å². The number of halogens is 1. The van der Waals surface area contributed by atoms with E-state index < -0.39 is 4.92 Å². The number of benzene rings is 1. The number of nitrogens with one attached hydrogen (secondary N) is 2. The summed E-state index contributed by atoms with van der Waals surface area (Å²) < 4.78 is 14.6. The van der Waals surface area contributed by atoms with Gasteiger partial charge < -0.3 is 10.6 Å². The van der Waals surface area contributed by atoms with Gasteiger partial charge in [-0.2, -0.15) is 5.10 Å². The van der Waals surface area contributed by atoms with E-state index in [1.54, 1.807) is 6.07 Å². The average Bonchev–Trinajstić information content (AvgIpc) is 3.06. The van der Waals surface area contributed by atoms with Crippen LogP contribution in [-0.2, 0) is 13.0 Å². The van der Waals surface area contributed by atoms with Gasteiger partial charge in [0.25, 0.3) is 0 Å². The second kappa shape index (κ2) is 9.50. The molecule has 0 saturated carbocycles. The number of aryl methyl sites for hydroxylation is 1. The number of rotatable bonds is 8. The standard InChI is InChI=1S/C17H23FN6O2/c1-3-19-17(20-7-6-14-4-5-15(18)10-13(14)2)21-8-9-23-12-16(11-22-23)24(25)26/h4-5,10-12H,3,6-9H2,1-2H3,(H2,19,20,21). The van der Waals surface area contributed by atoms with Crippen LogP contribution in [0.2, 0.25) is 0 Å². The number of hydrogen-bond donors (Lipinski definition) is 2. The lowest BCUT2D eigenvalue weighted by Crippen LogP contribution is -2.39. The Balaban J connectivity index is 1.84. The molecule has 0 amide bonds. The molecule has 0 aliphatic carbocycles. The second-order valence-electron chi connectivity index (χ2n) is 5.73. The van der Waals surface area contributed by atoms with E-state index in [4.69, 9.17) is 0 Å². The Morgan fingerprint density at radius 1 is 1.42 bits per heavy atom. The van der Waals surface area contributed by atoms with Crippen molar-refractivity contribution in [1.29, 1.82) is 0 Å². The van der Waals surface area contributed by atoms with Gasteiger partial charge in [-0.05, 0) is 43.5 Å². The monoisotopic (exact) mass is 362 g/mol. The first-order valence-corrected chi connectivity index (χ1v) is 8.43. The summed E-state index contributed by atoms with van der Waals surface area (Å²) in [6.45, 7) is 6.15. The van der Waals surface area contributed by atoms with Crippen LogP contribution < -0.4 is 10.6 Å². The Morgan fingerprint density at radius 2 is 2.23 bits per heavy atom. The molecule has 0 saturated heterocycles. The predicted molar refractivity (Wildman–Crippen MR) is 97.7 cm³/mol. The van der Waals surface area contributed by atoms with Crippen LogP contribution in [0, 0.1) is 22.9 Å². The summed E-state index contributed by atoms with van der Waals surface area (Å²) in [6, 6.07) is 4.76. The van der Waals surface area contributed by atoms with E-state index in [0.717, 1.165) is 11.1 Å². The molecule has 0 radical (unpaired) electrons. The van der Waals surface area contributed by atoms with Crippen LogP contribution in [-0.4, -0.2) is 40.3 Å². The fourth-order valence-electron chi connectivity index (χ4n) is 2.43. The van der Waals surface area contributed by atoms with Gasteiger partial charge in [0.05, 0.1) is 11.5 Å². The maximum atomic E-state index is 13.1. The minimum atomic E-state index is -0.472. The van der Waals surface area contributed by atoms with Gasteiger partial charge in [0.15, 0.2) is 5.96 Å². The lowest BCUT2D eigenvalue weighted by molar-refractivity contribution is -0.385. The van der Waals surface area contributed by atoms with Gasteiger partial charge in [-0.1, -0.05) is 6.07 Å². The van der Waals surface area contributed by atoms with Crippen LogP contribution in [0.5, 0.6) is 0 Å². The number of aliphatic imine (C=N–C) groups is 1. The molecule has 0 bridgehead atoms. The minimum Gasteiger partial charge on any atom is -0.357 e. The number of aromatic nitrogens is 2. The highest BCUT2D eigenvalue weighted by Gasteiger charge is 2.08. The van der Waals surface area contributed by atoms with Gasteiger partial charge in [0.1, 0.15) is 18.2 Å². The van der Waals surface area contributed by atoms with Crippen LogP contribution in [0.4, 0.5) is 10.1 Å². The zero-order valence-electron chi connectivity index (χ0n) is 14.9. The molecule has 0 unspecified atom stereocenters. The normalized spacial score (nSPS) is 11.4. The van der Waals surface area contributed by atoms with E-state index in [-0.39, 0.29) is 11.5 Å². The first-order chi connectivity index (χ1) is 12.5. The molecule has 140 valence electrons. The van der Waals surface area contributed by atoms with Crippen LogP contribution in [0.25, 0.3) is 0 Å². The molecule has 0 spiro atoms. The summed E-state index contributed by atoms with van der Waals surface area (Å²) in [4.78, 5) is 14.7. The van der Waals surface area contributed by atoms with Gasteiger partial charge >= 0.3 is 5.69 Å². The largest absolute Gasteiger partial charge is 0.357 e. The Kier molecular flexibility index (Phi) is 7.07. The predicted octanol–water partition coefficient (Wildman–Crippen LogP) is 2.04. The van der Waals surface area contributed by atoms with Gasteiger partial charge in [-0.25, -0.2) is 4.39 Å². The van der Waals surface area contributed by atoms with Crippen molar-refractivity contribution in [3.63, 3.8) is 0 Å². The van der Waals surface area contributed by atoms with Crippen molar-refractivity contribution in [1.82, 2.24) is 20.4 Å². The number of nitrogens with zero attached hydrogens (tertiary/aromatic N) is 4. The molecule has 1 aromatic carbocycles. The van der Waals surface area contributed by atoms with Crippen molar-refractivity contribution < 1.29 is 9.31 Å². The molecule has 2 aromatic rings. The summed E-state index contributed by atoms with van der Waals surface area (Å²) in [5.74, 6) is 0.428. The van der Waals surface area contributed by atoms with Crippen LogP contribution in [0.15, 0.2) is 35.6 Å². The van der Waals surface area contributed by atoms with Crippen LogP contribution in [0.1, 0.15) is 18.1 Å². The van der Waals surface area contributed by atoms with Gasteiger partial charge in [-0.15, -0.1) is 0 Å². The number of nitro groups is 1. The maximum absolute atomic E-state index is 13.1. The molecule has 8 nitrogen and oxygen atoms in total. The molecular weight excluding hydrogens is 339 g/mol. The van der Waals surface area contributed by atoms with Gasteiger partial charge in [0, 0.05) is 19.6 Å². The lowest BCUT2D eigenvalue weighted by atomic mass is 10.1. The minimum absolute atomic E-state index is 0.0276. The topological polar surface area (TPSA) is 97.4 Å². The van der Waals surface area contributed by atoms with Crippen LogP contribution >= 0.6 is 0 Å². The SMILES string of the molecule is CCNC(=NCCc1ccc(F)cc1C)NCCn1cc([N+](=O)[O-])cn1. The van der Waals surface area contributed by atoms with Crippen molar-refractivity contribution in [3.8, 4) is 0 Å². The number of guanidine groups is 1. The molecule has 1 heterocycles. The first kappa shape index (κ1) is 19.4. The molecule has 1 aromatic heterocycles. The number of hydrogen-bond acceptors (Lipinski definition) is 4. The second-order valence-corrected chi connectivity index (χ2v) is 5.73. The Hall–Kier alpha value is -2.97. The molecule has 0 aliphatic rings. The summed E-state index contributed by atoms with van der Waals surface area (Å²) in [5, 5.41) is 20.9. The Labute approximate surface area is 151 Å². The lowest BCUT2D eigenvalue weighted by Gasteiger charge is -2.11. The molecule has 0 aliphatic heterocycles. The van der Waals surface area contributed by atoms with Crippen molar-refractivity contribution >= 4 is 11.6 Å². The van der Waals surface area contributed by atoms with E-state index in [0.29, 0.717) is 38.6 Å². The Morgan fingerprint density at radius 3 is 2.88 bits per heavy atom. The smallest absolute Gasteiger partial charge is 0.306 e. The zero-order valence-corrected chi connectivity index (χ0v) is 14.9. The molecule has 2 N–H and O–H groups in total. The van der Waals surface area contributed by atoms with Gasteiger partial charge in [-0.3, -0.25) is 19.8 Å². The van der Waals surface area contributed by atoms with Crippen molar-refractivity contribution in [2.24, 2.45) is 4.99 Å². The van der Waals surface area contributed by atoms with Crippen molar-refractivity contribution in [2.45, 2.75) is 26.8 Å². The highest BCUT2D eigenvalue weighted by atomic mass is 19.1. The summed E-state index contributed by atoms with van der Waals surface area (Å²) in [7, 11) is 0. The van der Waals surface area contributed by atoms with E-state index >= 15 is 0 Å². The first-order valence-electron chi connectivity index (χ1n) is 8.43. The molecule has 0 fully saturated rings. The third-order valence-electron chi connectivity index (χ3n) is 3.76. The van der Waals surface area contributed by atoms with E-state index in [2.05, 4.69) is 20.7 Å². The maximum Gasteiger partial charge on any atom is 0.306 e. The third-order valence-corrected chi connectivity index (χ3v) is 3.76. The van der Waals surface area contributed by atoms with Gasteiger partial charge in [0.2, 0.25) is 0 Å². The van der Waals surface area contributed by atoms with Crippen molar-refractivity contribution in [3.05, 3.63) is 57.7 Å². The molecule has 26 heavy (non-hydrogen) atoms. The quantitative estimate of drug-likeness (QED) is 0.324. The molecule has 0 atom stereocenters. The summed E-state index contributed by atoms with van der Waals surface area (Å²) >= 11 is 0. The molecule has 2 rings (SSSR count).